The van der Waals surface area contributed by atoms with Crippen molar-refractivity contribution in [1.82, 2.24) is 0 Å². The van der Waals surface area contributed by atoms with Gasteiger partial charge in [0.15, 0.2) is 0 Å². The Morgan fingerprint density at radius 3 is 2.38 bits per heavy atom. The Kier molecular flexibility index (Phi) is 6.00. The molecule has 2 unspecified atom stereocenters. The Morgan fingerprint density at radius 1 is 1.12 bits per heavy atom. The zero-order chi connectivity index (χ0) is 18.1. The van der Waals surface area contributed by atoms with E-state index in [2.05, 4.69) is 34.3 Å². The molecular formula is C22H38O2. The summed E-state index contributed by atoms with van der Waals surface area (Å²) in [7, 11) is 0. The zero-order valence-corrected chi connectivity index (χ0v) is 16.5. The number of ketones is 1. The summed E-state index contributed by atoms with van der Waals surface area (Å²) in [6.45, 7) is 15.0. The lowest BCUT2D eigenvalue weighted by Crippen LogP contribution is -2.52. The number of fused-ring (bicyclic) bond motifs is 1. The summed E-state index contributed by atoms with van der Waals surface area (Å²) in [6.07, 6.45) is 9.00. The molecule has 2 aliphatic carbocycles. The highest BCUT2D eigenvalue weighted by atomic mass is 16.3. The molecule has 0 spiro atoms. The van der Waals surface area contributed by atoms with Gasteiger partial charge >= 0.3 is 0 Å². The number of aliphatic hydroxyl groups excluding tert-OH is 1. The standard InChI is InChI=1S/C22H38O2/c1-7-21(5)14-19(23)22(6)17(4)12-10-8-9-11-15(2)18(22)13-16(3)20(21)24/h7,15-19,23H,1,8-14H2,2-6H3/t15-,16-,17?,18?,19-,21-,22-/m1/s1. The van der Waals surface area contributed by atoms with Crippen LogP contribution in [0.25, 0.3) is 0 Å². The van der Waals surface area contributed by atoms with E-state index in [0.717, 1.165) is 6.42 Å². The number of hydrogen-bond acceptors (Lipinski definition) is 2. The van der Waals surface area contributed by atoms with Crippen LogP contribution in [-0.4, -0.2) is 17.0 Å². The van der Waals surface area contributed by atoms with E-state index in [1.165, 1.54) is 32.1 Å². The molecule has 2 fully saturated rings. The van der Waals surface area contributed by atoms with Gasteiger partial charge in [0.25, 0.3) is 0 Å². The lowest BCUT2D eigenvalue weighted by Gasteiger charge is -2.52. The molecule has 2 saturated carbocycles. The highest BCUT2D eigenvalue weighted by molar-refractivity contribution is 5.88. The Morgan fingerprint density at radius 2 is 1.75 bits per heavy atom. The fraction of sp³-hybridized carbons (Fsp3) is 0.864. The number of aliphatic hydroxyl groups is 1. The molecule has 1 N–H and O–H groups in total. The molecule has 0 aromatic carbocycles. The van der Waals surface area contributed by atoms with Crippen LogP contribution in [-0.2, 0) is 4.79 Å². The summed E-state index contributed by atoms with van der Waals surface area (Å²) in [4.78, 5) is 13.0. The van der Waals surface area contributed by atoms with Crippen LogP contribution in [0.2, 0.25) is 0 Å². The van der Waals surface area contributed by atoms with Crippen LogP contribution in [0.15, 0.2) is 12.7 Å². The molecule has 7 atom stereocenters. The molecule has 2 rings (SSSR count). The van der Waals surface area contributed by atoms with E-state index in [1.54, 1.807) is 6.08 Å². The van der Waals surface area contributed by atoms with Crippen molar-refractivity contribution >= 4 is 5.78 Å². The molecule has 2 heteroatoms. The van der Waals surface area contributed by atoms with Gasteiger partial charge in [0.1, 0.15) is 5.78 Å². The van der Waals surface area contributed by atoms with Crippen molar-refractivity contribution < 1.29 is 9.90 Å². The predicted octanol–water partition coefficient (Wildman–Crippen LogP) is 5.40. The maximum Gasteiger partial charge on any atom is 0.145 e. The van der Waals surface area contributed by atoms with Crippen LogP contribution >= 0.6 is 0 Å². The minimum atomic E-state index is -0.603. The van der Waals surface area contributed by atoms with Crippen molar-refractivity contribution in [3.63, 3.8) is 0 Å². The van der Waals surface area contributed by atoms with Crippen LogP contribution < -0.4 is 0 Å². The normalized spacial score (nSPS) is 48.2. The first-order valence-electron chi connectivity index (χ1n) is 10.0. The van der Waals surface area contributed by atoms with Crippen molar-refractivity contribution in [3.05, 3.63) is 12.7 Å². The molecule has 0 aromatic rings. The molecule has 2 aliphatic rings. The monoisotopic (exact) mass is 334 g/mol. The summed E-state index contributed by atoms with van der Waals surface area (Å²) >= 11 is 0. The number of hydrogen-bond donors (Lipinski definition) is 1. The van der Waals surface area contributed by atoms with Gasteiger partial charge in [-0.15, -0.1) is 6.58 Å². The Bertz CT molecular complexity index is 471. The van der Waals surface area contributed by atoms with E-state index < -0.39 is 11.5 Å². The van der Waals surface area contributed by atoms with Crippen molar-refractivity contribution in [2.75, 3.05) is 0 Å². The summed E-state index contributed by atoms with van der Waals surface area (Å²) in [5, 5.41) is 11.3. The van der Waals surface area contributed by atoms with Crippen molar-refractivity contribution in [1.29, 1.82) is 0 Å². The number of carbonyl (C=O) groups is 1. The number of carbonyl (C=O) groups excluding carboxylic acids is 1. The van der Waals surface area contributed by atoms with Crippen LogP contribution in [0.1, 0.15) is 79.6 Å². The van der Waals surface area contributed by atoms with Crippen LogP contribution in [0.4, 0.5) is 0 Å². The van der Waals surface area contributed by atoms with Gasteiger partial charge in [-0.2, -0.15) is 0 Å². The first-order chi connectivity index (χ1) is 11.2. The van der Waals surface area contributed by atoms with E-state index in [4.69, 9.17) is 0 Å². The summed E-state index contributed by atoms with van der Waals surface area (Å²) in [5.74, 6) is 1.76. The van der Waals surface area contributed by atoms with Gasteiger partial charge in [-0.1, -0.05) is 65.9 Å². The van der Waals surface area contributed by atoms with E-state index >= 15 is 0 Å². The van der Waals surface area contributed by atoms with Crippen LogP contribution in [0.5, 0.6) is 0 Å². The van der Waals surface area contributed by atoms with Crippen molar-refractivity contribution in [3.8, 4) is 0 Å². The Labute approximate surface area is 149 Å². The minimum Gasteiger partial charge on any atom is -0.392 e. The average Bonchev–Trinajstić information content (AvgIpc) is 2.59. The molecular weight excluding hydrogens is 296 g/mol. The molecule has 0 saturated heterocycles. The van der Waals surface area contributed by atoms with Gasteiger partial charge in [-0.25, -0.2) is 0 Å². The van der Waals surface area contributed by atoms with Gasteiger partial charge in [-0.05, 0) is 42.9 Å². The SMILES string of the molecule is C=C[C@]1(C)C[C@@H](O)[C@]2(C)C(C)CCCCC[C@@H](C)C2C[C@@H](C)C1=O. The van der Waals surface area contributed by atoms with Crippen LogP contribution in [0, 0.1) is 34.5 Å². The summed E-state index contributed by atoms with van der Waals surface area (Å²) in [6, 6.07) is 0. The lowest BCUT2D eigenvalue weighted by atomic mass is 9.53. The number of Topliss-reactive ketones (excluding diaryl/α,β-unsaturated/α-hetero) is 1. The average molecular weight is 335 g/mol. The highest BCUT2D eigenvalue weighted by Gasteiger charge is 2.52. The van der Waals surface area contributed by atoms with Crippen molar-refractivity contribution in [2.24, 2.45) is 34.5 Å². The smallest absolute Gasteiger partial charge is 0.145 e. The predicted molar refractivity (Wildman–Crippen MR) is 101 cm³/mol. The molecule has 0 aliphatic heterocycles. The second-order valence-electron chi connectivity index (χ2n) is 9.33. The molecule has 2 nitrogen and oxygen atoms in total. The third-order valence-electron chi connectivity index (χ3n) is 7.75. The fourth-order valence-electron chi connectivity index (χ4n) is 5.60. The quantitative estimate of drug-likeness (QED) is 0.652. The van der Waals surface area contributed by atoms with Crippen LogP contribution in [0.3, 0.4) is 0 Å². The number of rotatable bonds is 1. The molecule has 0 bridgehead atoms. The third-order valence-corrected chi connectivity index (χ3v) is 7.75. The lowest BCUT2D eigenvalue weighted by molar-refractivity contribution is -0.143. The Balaban J connectivity index is 2.49. The molecule has 138 valence electrons. The highest BCUT2D eigenvalue weighted by Crippen LogP contribution is 2.53. The maximum absolute atomic E-state index is 13.0. The van der Waals surface area contributed by atoms with E-state index in [9.17, 15) is 9.90 Å². The first-order valence-corrected chi connectivity index (χ1v) is 10.0. The second-order valence-corrected chi connectivity index (χ2v) is 9.33. The molecule has 0 radical (unpaired) electrons. The van der Waals surface area contributed by atoms with E-state index in [1.807, 2.05) is 6.92 Å². The van der Waals surface area contributed by atoms with Gasteiger partial charge in [0.05, 0.1) is 6.10 Å². The molecule has 0 heterocycles. The summed E-state index contributed by atoms with van der Waals surface area (Å²) < 4.78 is 0. The topological polar surface area (TPSA) is 37.3 Å². The third kappa shape index (κ3) is 3.36. The molecule has 24 heavy (non-hydrogen) atoms. The fourth-order valence-corrected chi connectivity index (χ4v) is 5.60. The van der Waals surface area contributed by atoms with Gasteiger partial charge in [0.2, 0.25) is 0 Å². The Hall–Kier alpha value is -0.630. The zero-order valence-electron chi connectivity index (χ0n) is 16.5. The van der Waals surface area contributed by atoms with Gasteiger partial charge < -0.3 is 5.11 Å². The molecule has 0 amide bonds. The van der Waals surface area contributed by atoms with E-state index in [0.29, 0.717) is 24.2 Å². The van der Waals surface area contributed by atoms with Crippen molar-refractivity contribution in [2.45, 2.75) is 85.7 Å². The largest absolute Gasteiger partial charge is 0.392 e. The minimum absolute atomic E-state index is 0.0419. The summed E-state index contributed by atoms with van der Waals surface area (Å²) in [5.41, 5.74) is -0.725. The van der Waals surface area contributed by atoms with Gasteiger partial charge in [0, 0.05) is 11.3 Å². The second kappa shape index (κ2) is 7.32. The molecule has 0 aromatic heterocycles. The first kappa shape index (κ1) is 19.7. The maximum atomic E-state index is 13.0. The van der Waals surface area contributed by atoms with Gasteiger partial charge in [-0.3, -0.25) is 4.79 Å². The van der Waals surface area contributed by atoms with E-state index in [-0.39, 0.29) is 17.1 Å². The number of allylic oxidation sites excluding steroid dienone is 1.